The number of likely N-dealkylation sites (N-methyl/N-ethyl adjacent to an activating group) is 2. The van der Waals surface area contributed by atoms with Crippen LogP contribution in [0.1, 0.15) is 127 Å². The van der Waals surface area contributed by atoms with Gasteiger partial charge in [0.15, 0.2) is 16.6 Å². The number of benzene rings is 2. The fourth-order valence-corrected chi connectivity index (χ4v) is 20.9. The standard InChI is InChI=1S/C35H46N2O5Si.C35H44N2O5Si/c2*1-33-13-11-25-19-27-31(39)32(40)28(37(2)30(38)6-5-17-43(3,4)41)20-34(27)14-15-35(25,42-34)29(33)10-9-26(33)23-8-7-22-12-16-36-21-24(22)18-23/h7-8,11-12,16,18-19,21,26,28-29,31-32,39-41H,5-6,9-10,13-15,17,20H2,1-4H3;7-9,11-12,16,18-19,21,28-29,31-32,39-41H,5-6,10,13-15,17,20H2,1-4H3/t26-,28+,29-,31-,32-,33-,34-,35-;28-,29+,31+,32+,33+,34+,35+/m10/s1. The maximum absolute atomic E-state index is 13.2. The Hall–Kier alpha value is -4.99. The van der Waals surface area contributed by atoms with E-state index in [1.54, 1.807) is 23.9 Å². The Kier molecular flexibility index (Phi) is 14.9. The summed E-state index contributed by atoms with van der Waals surface area (Å²) in [6.07, 6.45) is 25.7. The van der Waals surface area contributed by atoms with Crippen molar-refractivity contribution >= 4 is 55.6 Å². The van der Waals surface area contributed by atoms with Crippen LogP contribution in [0.4, 0.5) is 0 Å². The van der Waals surface area contributed by atoms with E-state index in [2.05, 4.69) is 96.7 Å². The predicted molar refractivity (Wildman–Crippen MR) is 338 cm³/mol. The summed E-state index contributed by atoms with van der Waals surface area (Å²) < 4.78 is 14.6. The highest BCUT2D eigenvalue weighted by molar-refractivity contribution is 6.70. The van der Waals surface area contributed by atoms with Crippen LogP contribution < -0.4 is 0 Å². The molecular formula is C70H90N4O10Si2. The lowest BCUT2D eigenvalue weighted by Gasteiger charge is -2.56. The highest BCUT2D eigenvalue weighted by atomic mass is 28.4. The Bertz CT molecular complexity index is 3450. The molecule has 3 saturated carbocycles. The number of pyridine rings is 2. The molecule has 14 rings (SSSR count). The third kappa shape index (κ3) is 9.67. The Morgan fingerprint density at radius 2 is 1.14 bits per heavy atom. The van der Waals surface area contributed by atoms with Crippen molar-refractivity contribution in [3.05, 3.63) is 137 Å². The van der Waals surface area contributed by atoms with Gasteiger partial charge in [0.25, 0.3) is 0 Å². The van der Waals surface area contributed by atoms with Gasteiger partial charge >= 0.3 is 0 Å². The van der Waals surface area contributed by atoms with Gasteiger partial charge in [0, 0.05) is 86.7 Å². The van der Waals surface area contributed by atoms with Crippen molar-refractivity contribution < 1.29 is 49.1 Å². The number of rotatable bonds is 12. The van der Waals surface area contributed by atoms with Gasteiger partial charge in [-0.3, -0.25) is 19.6 Å². The predicted octanol–water partition coefficient (Wildman–Crippen LogP) is 10.4. The second-order valence-corrected chi connectivity index (χ2v) is 37.8. The number of carbonyl (C=O) groups excluding carboxylic acids is 2. The number of nitrogens with zero attached hydrogens (tertiary/aromatic N) is 4. The number of allylic oxidation sites excluding steroid dienone is 4. The Balaban J connectivity index is 0.000000160. The van der Waals surface area contributed by atoms with Crippen molar-refractivity contribution in [2.24, 2.45) is 22.7 Å². The molecule has 6 N–H and O–H groups in total. The van der Waals surface area contributed by atoms with Crippen LogP contribution in [0.15, 0.2) is 126 Å². The van der Waals surface area contributed by atoms with Crippen molar-refractivity contribution in [1.82, 2.24) is 19.8 Å². The van der Waals surface area contributed by atoms with Gasteiger partial charge in [0.05, 0.1) is 34.5 Å². The van der Waals surface area contributed by atoms with Crippen LogP contribution in [0.25, 0.3) is 27.1 Å². The van der Waals surface area contributed by atoms with Crippen molar-refractivity contribution in [3.8, 4) is 0 Å². The van der Waals surface area contributed by atoms with Crippen LogP contribution in [-0.2, 0) is 19.1 Å². The number of aromatic nitrogens is 2. The van der Waals surface area contributed by atoms with Gasteiger partial charge in [-0.1, -0.05) is 68.5 Å². The molecule has 2 saturated heterocycles. The number of fused-ring (bicyclic) bond motifs is 4. The van der Waals surface area contributed by atoms with Crippen LogP contribution in [0.3, 0.4) is 0 Å². The fraction of sp³-hybridized carbons (Fsp3) is 0.571. The lowest BCUT2D eigenvalue weighted by molar-refractivity contribution is -0.171. The van der Waals surface area contributed by atoms with Gasteiger partial charge in [0.2, 0.25) is 11.8 Å². The zero-order chi connectivity index (χ0) is 60.7. The molecule has 0 radical (unpaired) electrons. The molecular weight excluding hydrogens is 1110 g/mol. The number of ether oxygens (including phenoxy) is 2. The summed E-state index contributed by atoms with van der Waals surface area (Å²) in [7, 11) is -0.981. The molecule has 15 atom stereocenters. The molecule has 2 amide bonds. The number of amides is 2. The van der Waals surface area contributed by atoms with Crippen molar-refractivity contribution in [3.63, 3.8) is 0 Å². The average Bonchev–Trinajstić information content (AvgIpc) is 1.49. The molecule has 86 heavy (non-hydrogen) atoms. The summed E-state index contributed by atoms with van der Waals surface area (Å²) in [6.45, 7) is 12.4. The molecule has 16 heteroatoms. The molecule has 4 bridgehead atoms. The molecule has 6 aliphatic carbocycles. The smallest absolute Gasteiger partial charge is 0.222 e. The van der Waals surface area contributed by atoms with Crippen molar-refractivity contribution in [2.45, 2.75) is 213 Å². The lowest BCUT2D eigenvalue weighted by Crippen LogP contribution is -2.63. The second-order valence-electron chi connectivity index (χ2n) is 29.6. The summed E-state index contributed by atoms with van der Waals surface area (Å²) in [4.78, 5) is 58.8. The van der Waals surface area contributed by atoms with Crippen LogP contribution in [-0.4, -0.2) is 151 Å². The highest BCUT2D eigenvalue weighted by Gasteiger charge is 2.70. The van der Waals surface area contributed by atoms with Crippen LogP contribution in [0.5, 0.6) is 0 Å². The van der Waals surface area contributed by atoms with E-state index in [1.807, 2.05) is 57.0 Å². The maximum Gasteiger partial charge on any atom is 0.222 e. The molecule has 4 spiro atoms. The van der Waals surface area contributed by atoms with Crippen LogP contribution >= 0.6 is 0 Å². The van der Waals surface area contributed by atoms with Crippen LogP contribution in [0.2, 0.25) is 38.3 Å². The monoisotopic (exact) mass is 1200 g/mol. The molecule has 5 fully saturated rings. The van der Waals surface area contributed by atoms with Gasteiger partial charge in [-0.2, -0.15) is 0 Å². The second kappa shape index (κ2) is 21.3. The molecule has 10 aliphatic rings. The summed E-state index contributed by atoms with van der Waals surface area (Å²) in [5, 5.41) is 50.3. The lowest BCUT2D eigenvalue weighted by atomic mass is 9.58. The van der Waals surface area contributed by atoms with Crippen LogP contribution in [0, 0.1) is 22.7 Å². The topological polar surface area (TPSA) is 206 Å². The van der Waals surface area contributed by atoms with E-state index in [0.717, 1.165) is 79.9 Å². The first-order valence-electron chi connectivity index (χ1n) is 32.1. The third-order valence-electron chi connectivity index (χ3n) is 23.4. The molecule has 4 aliphatic heterocycles. The zero-order valence-electron chi connectivity index (χ0n) is 51.6. The normalized spacial score (nSPS) is 37.2. The van der Waals surface area contributed by atoms with Gasteiger partial charge in [0.1, 0.15) is 24.4 Å². The maximum atomic E-state index is 13.2. The Morgan fingerprint density at radius 3 is 1.69 bits per heavy atom. The number of hydrogen-bond acceptors (Lipinski definition) is 12. The first kappa shape index (κ1) is 60.0. The number of hydrogen-bond donors (Lipinski definition) is 6. The fourth-order valence-electron chi connectivity index (χ4n) is 18.8. The summed E-state index contributed by atoms with van der Waals surface area (Å²) in [5.41, 5.74) is 5.53. The average molecular weight is 1200 g/mol. The van der Waals surface area contributed by atoms with Gasteiger partial charge < -0.3 is 49.3 Å². The van der Waals surface area contributed by atoms with E-state index in [4.69, 9.17) is 9.47 Å². The zero-order valence-corrected chi connectivity index (χ0v) is 53.6. The molecule has 14 nitrogen and oxygen atoms in total. The molecule has 2 aromatic carbocycles. The largest absolute Gasteiger partial charge is 0.432 e. The molecule has 0 unspecified atom stereocenters. The van der Waals surface area contributed by atoms with E-state index in [0.29, 0.717) is 62.4 Å². The molecule has 4 aromatic rings. The quantitative estimate of drug-likeness (QED) is 0.0733. The van der Waals surface area contributed by atoms with E-state index >= 15 is 0 Å². The summed E-state index contributed by atoms with van der Waals surface area (Å²) >= 11 is 0. The van der Waals surface area contributed by atoms with Gasteiger partial charge in [-0.05, 0) is 200 Å². The van der Waals surface area contributed by atoms with E-state index in [1.165, 1.54) is 38.4 Å². The minimum absolute atomic E-state index is 0.0407. The number of aliphatic hydroxyl groups is 4. The van der Waals surface area contributed by atoms with Gasteiger partial charge in [-0.25, -0.2) is 0 Å². The molecule has 2 aromatic heterocycles. The van der Waals surface area contributed by atoms with Crippen molar-refractivity contribution in [2.75, 3.05) is 14.1 Å². The number of carbonyl (C=O) groups is 2. The highest BCUT2D eigenvalue weighted by Crippen LogP contribution is 2.71. The third-order valence-corrected chi connectivity index (χ3v) is 26.6. The Labute approximate surface area is 509 Å². The minimum Gasteiger partial charge on any atom is -0.432 e. The first-order valence-corrected chi connectivity index (χ1v) is 38.4. The van der Waals surface area contributed by atoms with E-state index in [-0.39, 0.29) is 28.6 Å². The molecule has 458 valence electrons. The Morgan fingerprint density at radius 1 is 0.628 bits per heavy atom. The number of aliphatic hydroxyl groups excluding tert-OH is 4. The first-order chi connectivity index (χ1) is 40.7. The SMILES string of the molecule is CN(C(=O)CCC[Si](C)(C)O)[C@H]1C[C@@]23CC[C@@]4(O2)C(=CC[C@]2(C)C(c5ccc6ccncc6c5)=CC[C@H]24)C=C3[C@@H](O)[C@@H]1O.CN(C(=O)CCC[Si](C)(C)O)[C@H]1C[C@@]23CC[C@@]4(O2)C(=CC[C@]2(C)[C@@H](c5ccc6ccncc6c5)CC[C@H]24)C=C3[C@@H](O)[C@@H]1O. The molecule has 6 heterocycles. The minimum atomic E-state index is -2.23. The summed E-state index contributed by atoms with van der Waals surface area (Å²) in [5.74, 6) is 0.894. The van der Waals surface area contributed by atoms with E-state index < -0.39 is 75.5 Å². The van der Waals surface area contributed by atoms with Crippen molar-refractivity contribution in [1.29, 1.82) is 0 Å². The summed E-state index contributed by atoms with van der Waals surface area (Å²) in [6, 6.07) is 17.9. The van der Waals surface area contributed by atoms with Gasteiger partial charge in [-0.15, -0.1) is 0 Å². The van der Waals surface area contributed by atoms with E-state index in [9.17, 15) is 39.6 Å².